The minimum absolute atomic E-state index is 0. The van der Waals surface area contributed by atoms with Crippen LogP contribution in [0.4, 0.5) is 0 Å². The molecule has 0 rings (SSSR count). The van der Waals surface area contributed by atoms with Gasteiger partial charge in [-0.2, -0.15) is 19.3 Å². The van der Waals surface area contributed by atoms with Crippen molar-refractivity contribution in [1.82, 2.24) is 0 Å². The second-order valence-electron chi connectivity index (χ2n) is 5.88. The Balaban J connectivity index is 0. The predicted molar refractivity (Wildman–Crippen MR) is 66.2 cm³/mol. The first kappa shape index (κ1) is 18.1. The van der Waals surface area contributed by atoms with Crippen LogP contribution in [0.5, 0.6) is 0 Å². The molecule has 0 aliphatic carbocycles. The van der Waals surface area contributed by atoms with Crippen LogP contribution in [0.25, 0.3) is 0 Å². The summed E-state index contributed by atoms with van der Waals surface area (Å²) in [6.45, 7) is 14.0. The molecule has 90 valence electrons. The van der Waals surface area contributed by atoms with Crippen LogP contribution in [-0.4, -0.2) is 0 Å². The quantitative estimate of drug-likeness (QED) is 0.433. The minimum Gasteiger partial charge on any atom is -0.313 e. The van der Waals surface area contributed by atoms with Crippen LogP contribution < -0.4 is 0 Å². The molecule has 0 fully saturated rings. The fraction of sp³-hybridized carbons (Fsp3) is 0.929. The van der Waals surface area contributed by atoms with E-state index in [1.165, 1.54) is 25.7 Å². The molecule has 0 atom stereocenters. The van der Waals surface area contributed by atoms with E-state index in [0.29, 0.717) is 0 Å². The molecule has 0 saturated carbocycles. The first-order valence-corrected chi connectivity index (χ1v) is 6.25. The Morgan fingerprint density at radius 2 is 1.13 bits per heavy atom. The Morgan fingerprint density at radius 3 is 1.40 bits per heavy atom. The first-order valence-electron chi connectivity index (χ1n) is 6.25. The van der Waals surface area contributed by atoms with Crippen molar-refractivity contribution in [2.45, 2.75) is 67.2 Å². The maximum Gasteiger partial charge on any atom is 0 e. The summed E-state index contributed by atoms with van der Waals surface area (Å²) >= 11 is 0. The van der Waals surface area contributed by atoms with Crippen molar-refractivity contribution in [2.24, 2.45) is 17.8 Å². The van der Waals surface area contributed by atoms with Crippen LogP contribution in [0.3, 0.4) is 0 Å². The molecule has 0 unspecified atom stereocenters. The van der Waals surface area contributed by atoms with Crippen molar-refractivity contribution in [3.63, 3.8) is 0 Å². The molecule has 0 heterocycles. The summed E-state index contributed by atoms with van der Waals surface area (Å²) in [6, 6.07) is 0. The fourth-order valence-corrected chi connectivity index (χ4v) is 1.93. The van der Waals surface area contributed by atoms with Crippen LogP contribution >= 0.6 is 0 Å². The smallest absolute Gasteiger partial charge is 0 e. The zero-order chi connectivity index (χ0) is 11.1. The summed E-state index contributed by atoms with van der Waals surface area (Å²) in [5.74, 6) is 4.31. The average molecular weight is 245 g/mol. The number of hydrogen-bond acceptors (Lipinski definition) is 0. The van der Waals surface area contributed by atoms with E-state index in [1.807, 2.05) is 0 Å². The summed E-state index contributed by atoms with van der Waals surface area (Å²) in [5.41, 5.74) is 0. The van der Waals surface area contributed by atoms with Crippen molar-refractivity contribution >= 4 is 0 Å². The molecule has 0 aromatic heterocycles. The standard InChI is InChI=1S/C14H29.Ti/c1-11(2)7-8-14(9-12(3)4)10-13(5)6;/h11-13H,7-10H2,1-6H3;/q-1;. The van der Waals surface area contributed by atoms with Crippen molar-refractivity contribution in [2.75, 3.05) is 0 Å². The number of hydrogen-bond donors (Lipinski definition) is 0. The molecule has 0 aromatic carbocycles. The van der Waals surface area contributed by atoms with Gasteiger partial charge in [-0.05, 0) is 5.92 Å². The Morgan fingerprint density at radius 1 is 0.733 bits per heavy atom. The largest absolute Gasteiger partial charge is 0.313 e. The zero-order valence-corrected chi connectivity index (χ0v) is 13.1. The van der Waals surface area contributed by atoms with E-state index in [9.17, 15) is 0 Å². The fourth-order valence-electron chi connectivity index (χ4n) is 1.93. The van der Waals surface area contributed by atoms with Crippen LogP contribution in [0.1, 0.15) is 67.2 Å². The van der Waals surface area contributed by atoms with E-state index in [-0.39, 0.29) is 21.7 Å². The van der Waals surface area contributed by atoms with Gasteiger partial charge >= 0.3 is 0 Å². The van der Waals surface area contributed by atoms with Crippen molar-refractivity contribution in [3.05, 3.63) is 5.92 Å². The van der Waals surface area contributed by atoms with Crippen LogP contribution in [0, 0.1) is 23.7 Å². The molecular weight excluding hydrogens is 216 g/mol. The Labute approximate surface area is 112 Å². The van der Waals surface area contributed by atoms with E-state index in [1.54, 1.807) is 5.92 Å². The molecule has 1 heteroatoms. The van der Waals surface area contributed by atoms with E-state index < -0.39 is 0 Å². The third kappa shape index (κ3) is 12.6. The van der Waals surface area contributed by atoms with Gasteiger partial charge in [-0.3, -0.25) is 0 Å². The van der Waals surface area contributed by atoms with Gasteiger partial charge in [0.15, 0.2) is 0 Å². The first-order chi connectivity index (χ1) is 6.41. The van der Waals surface area contributed by atoms with E-state index in [0.717, 1.165) is 17.8 Å². The monoisotopic (exact) mass is 245 g/mol. The van der Waals surface area contributed by atoms with Gasteiger partial charge in [0.2, 0.25) is 0 Å². The SMILES string of the molecule is CC(C)CC[C-](CC(C)C)CC(C)C.[Ti]. The Bertz CT molecular complexity index is 117. The van der Waals surface area contributed by atoms with Crippen LogP contribution in [-0.2, 0) is 21.7 Å². The van der Waals surface area contributed by atoms with E-state index >= 15 is 0 Å². The molecule has 0 spiro atoms. The van der Waals surface area contributed by atoms with Crippen LogP contribution in [0.2, 0.25) is 0 Å². The van der Waals surface area contributed by atoms with Gasteiger partial charge in [0.05, 0.1) is 0 Å². The van der Waals surface area contributed by atoms with E-state index in [4.69, 9.17) is 0 Å². The summed E-state index contributed by atoms with van der Waals surface area (Å²) in [5, 5.41) is 0. The molecule has 0 saturated heterocycles. The molecule has 0 aliphatic heterocycles. The third-order valence-electron chi connectivity index (χ3n) is 2.47. The van der Waals surface area contributed by atoms with Gasteiger partial charge in [0, 0.05) is 21.7 Å². The second-order valence-corrected chi connectivity index (χ2v) is 5.88. The van der Waals surface area contributed by atoms with Gasteiger partial charge in [0.1, 0.15) is 0 Å². The molecule has 0 radical (unpaired) electrons. The normalized spacial score (nSPS) is 11.6. The molecule has 0 aromatic rings. The Kier molecular flexibility index (Phi) is 11.9. The van der Waals surface area contributed by atoms with Crippen LogP contribution in [0.15, 0.2) is 0 Å². The molecule has 0 nitrogen and oxygen atoms in total. The molecular formula is C14H29Ti-. The summed E-state index contributed by atoms with van der Waals surface area (Å²) in [7, 11) is 0. The Hall–Kier alpha value is 0.714. The van der Waals surface area contributed by atoms with Gasteiger partial charge in [-0.1, -0.05) is 59.8 Å². The third-order valence-corrected chi connectivity index (χ3v) is 2.47. The maximum absolute atomic E-state index is 2.33. The molecule has 0 aliphatic rings. The van der Waals surface area contributed by atoms with Gasteiger partial charge in [-0.15, -0.1) is 0 Å². The van der Waals surface area contributed by atoms with Gasteiger partial charge in [-0.25, -0.2) is 0 Å². The van der Waals surface area contributed by atoms with Gasteiger partial charge < -0.3 is 5.92 Å². The molecule has 0 N–H and O–H groups in total. The number of rotatable bonds is 7. The predicted octanol–water partition coefficient (Wildman–Crippen LogP) is 5.09. The molecule has 0 amide bonds. The van der Waals surface area contributed by atoms with E-state index in [2.05, 4.69) is 41.5 Å². The topological polar surface area (TPSA) is 0 Å². The van der Waals surface area contributed by atoms with Crippen molar-refractivity contribution in [3.8, 4) is 0 Å². The summed E-state index contributed by atoms with van der Waals surface area (Å²) in [6.07, 6.45) is 5.40. The molecule has 15 heavy (non-hydrogen) atoms. The van der Waals surface area contributed by atoms with Crippen molar-refractivity contribution < 1.29 is 21.7 Å². The minimum atomic E-state index is 0. The summed E-state index contributed by atoms with van der Waals surface area (Å²) in [4.78, 5) is 0. The maximum atomic E-state index is 2.33. The average Bonchev–Trinajstić information content (AvgIpc) is 1.97. The van der Waals surface area contributed by atoms with Crippen molar-refractivity contribution in [1.29, 1.82) is 0 Å². The molecule has 0 bridgehead atoms. The summed E-state index contributed by atoms with van der Waals surface area (Å²) < 4.78 is 0. The second kappa shape index (κ2) is 9.91. The zero-order valence-electron chi connectivity index (χ0n) is 11.6. The van der Waals surface area contributed by atoms with Gasteiger partial charge in [0.25, 0.3) is 0 Å².